The number of hydrogen-bond donors (Lipinski definition) is 0. The second-order valence-corrected chi connectivity index (χ2v) is 2.41. The van der Waals surface area contributed by atoms with E-state index < -0.39 is 12.1 Å². The molecular formula is C8H3F3NO. The van der Waals surface area contributed by atoms with Gasteiger partial charge in [-0.05, 0) is 18.2 Å². The van der Waals surface area contributed by atoms with Gasteiger partial charge < -0.3 is 4.42 Å². The Morgan fingerprint density at radius 3 is 2.77 bits per heavy atom. The number of oxazole rings is 1. The van der Waals surface area contributed by atoms with Gasteiger partial charge in [-0.15, -0.1) is 0 Å². The van der Waals surface area contributed by atoms with Crippen LogP contribution in [-0.4, -0.2) is 4.98 Å². The summed E-state index contributed by atoms with van der Waals surface area (Å²) in [7, 11) is 0. The van der Waals surface area contributed by atoms with Crippen LogP contribution >= 0.6 is 0 Å². The molecule has 0 aliphatic heterocycles. The first kappa shape index (κ1) is 8.10. The van der Waals surface area contributed by atoms with E-state index >= 15 is 0 Å². The third-order valence-corrected chi connectivity index (χ3v) is 1.48. The van der Waals surface area contributed by atoms with Crippen molar-refractivity contribution in [3.63, 3.8) is 0 Å². The topological polar surface area (TPSA) is 26.0 Å². The third kappa shape index (κ3) is 1.37. The molecule has 1 aromatic carbocycles. The highest BCUT2D eigenvalue weighted by molar-refractivity contribution is 5.71. The fourth-order valence-electron chi connectivity index (χ4n) is 0.939. The molecule has 1 radical (unpaired) electrons. The van der Waals surface area contributed by atoms with Crippen LogP contribution in [0.15, 0.2) is 22.6 Å². The molecule has 0 spiro atoms. The van der Waals surface area contributed by atoms with Gasteiger partial charge in [-0.3, -0.25) is 0 Å². The number of halogens is 3. The molecule has 0 unspecified atom stereocenters. The van der Waals surface area contributed by atoms with Gasteiger partial charge in [-0.2, -0.15) is 13.2 Å². The summed E-state index contributed by atoms with van der Waals surface area (Å²) < 4.78 is 40.6. The first-order valence-corrected chi connectivity index (χ1v) is 3.41. The Balaban J connectivity index is 2.63. The van der Waals surface area contributed by atoms with Gasteiger partial charge in [-0.1, -0.05) is 6.07 Å². The predicted octanol–water partition coefficient (Wildman–Crippen LogP) is 2.65. The zero-order valence-corrected chi connectivity index (χ0v) is 6.22. The van der Waals surface area contributed by atoms with E-state index in [1.54, 1.807) is 0 Å². The molecule has 0 saturated heterocycles. The van der Waals surface area contributed by atoms with Crippen molar-refractivity contribution in [1.29, 1.82) is 0 Å². The normalized spacial score (nSPS) is 12.2. The van der Waals surface area contributed by atoms with Gasteiger partial charge in [0.1, 0.15) is 5.52 Å². The molecule has 0 amide bonds. The molecule has 1 aromatic heterocycles. The van der Waals surface area contributed by atoms with Crippen molar-refractivity contribution in [3.05, 3.63) is 30.2 Å². The van der Waals surface area contributed by atoms with Crippen molar-refractivity contribution >= 4 is 11.1 Å². The number of alkyl halides is 3. The fraction of sp³-hybridized carbons (Fsp3) is 0.125. The SMILES string of the molecule is FC(F)(F)c1nc2cc[c]cc2o1. The molecule has 5 heteroatoms. The summed E-state index contributed by atoms with van der Waals surface area (Å²) in [6, 6.07) is 6.80. The van der Waals surface area contributed by atoms with E-state index in [4.69, 9.17) is 0 Å². The smallest absolute Gasteiger partial charge is 0.433 e. The minimum atomic E-state index is -4.53. The van der Waals surface area contributed by atoms with Crippen LogP contribution < -0.4 is 0 Å². The zero-order valence-electron chi connectivity index (χ0n) is 6.22. The van der Waals surface area contributed by atoms with Crippen LogP contribution in [-0.2, 0) is 6.18 Å². The molecule has 0 atom stereocenters. The van der Waals surface area contributed by atoms with Gasteiger partial charge in [0.2, 0.25) is 0 Å². The molecule has 67 valence electrons. The summed E-state index contributed by atoms with van der Waals surface area (Å²) in [5.41, 5.74) is 0.279. The van der Waals surface area contributed by atoms with E-state index in [0.717, 1.165) is 0 Å². The average Bonchev–Trinajstić information content (AvgIpc) is 2.45. The lowest BCUT2D eigenvalue weighted by Gasteiger charge is -1.96. The number of rotatable bonds is 0. The number of benzene rings is 1. The number of hydrogen-bond acceptors (Lipinski definition) is 2. The maximum absolute atomic E-state index is 12.1. The fourth-order valence-corrected chi connectivity index (χ4v) is 0.939. The van der Waals surface area contributed by atoms with Gasteiger partial charge in [0.05, 0.1) is 0 Å². The summed E-state index contributed by atoms with van der Waals surface area (Å²) in [5, 5.41) is 0. The molecular weight excluding hydrogens is 183 g/mol. The third-order valence-electron chi connectivity index (χ3n) is 1.48. The van der Waals surface area contributed by atoms with Crippen molar-refractivity contribution in [2.45, 2.75) is 6.18 Å². The van der Waals surface area contributed by atoms with Crippen LogP contribution in [0.25, 0.3) is 11.1 Å². The Hall–Kier alpha value is -1.52. The first-order valence-electron chi connectivity index (χ1n) is 3.41. The van der Waals surface area contributed by atoms with Crippen molar-refractivity contribution in [1.82, 2.24) is 4.98 Å². The van der Waals surface area contributed by atoms with Crippen molar-refractivity contribution in [3.8, 4) is 0 Å². The van der Waals surface area contributed by atoms with Crippen LogP contribution in [0.4, 0.5) is 13.2 Å². The van der Waals surface area contributed by atoms with Gasteiger partial charge in [-0.25, -0.2) is 4.98 Å². The summed E-state index contributed by atoms with van der Waals surface area (Å²) in [6.07, 6.45) is -4.53. The Morgan fingerprint density at radius 1 is 1.38 bits per heavy atom. The Labute approximate surface area is 71.0 Å². The molecule has 1 heterocycles. The summed E-state index contributed by atoms with van der Waals surface area (Å²) >= 11 is 0. The van der Waals surface area contributed by atoms with E-state index in [1.165, 1.54) is 18.2 Å². The number of fused-ring (bicyclic) bond motifs is 1. The predicted molar refractivity (Wildman–Crippen MR) is 37.8 cm³/mol. The molecule has 0 N–H and O–H groups in total. The maximum Gasteiger partial charge on any atom is 0.468 e. The van der Waals surface area contributed by atoms with Crippen LogP contribution in [0.5, 0.6) is 0 Å². The first-order chi connectivity index (χ1) is 6.07. The Bertz CT molecular complexity index is 399. The molecule has 0 saturated carbocycles. The van der Waals surface area contributed by atoms with Gasteiger partial charge in [0.25, 0.3) is 0 Å². The van der Waals surface area contributed by atoms with Crippen LogP contribution in [0.3, 0.4) is 0 Å². The largest absolute Gasteiger partial charge is 0.468 e. The molecule has 0 aliphatic rings. The zero-order chi connectivity index (χ0) is 9.47. The lowest BCUT2D eigenvalue weighted by atomic mass is 10.3. The maximum atomic E-state index is 12.1. The summed E-state index contributed by atoms with van der Waals surface area (Å²) in [5.74, 6) is -1.22. The van der Waals surface area contributed by atoms with Gasteiger partial charge in [0.15, 0.2) is 5.58 Å². The van der Waals surface area contributed by atoms with Crippen LogP contribution in [0, 0.1) is 6.07 Å². The standard InChI is InChI=1S/C8H3F3NO/c9-8(10,11)7-12-5-3-1-2-4-6(5)13-7/h1,3-4H. The monoisotopic (exact) mass is 186 g/mol. The highest BCUT2D eigenvalue weighted by atomic mass is 19.4. The van der Waals surface area contributed by atoms with Crippen molar-refractivity contribution in [2.75, 3.05) is 0 Å². The summed E-state index contributed by atoms with van der Waals surface area (Å²) in [4.78, 5) is 3.27. The van der Waals surface area contributed by atoms with E-state index in [9.17, 15) is 13.2 Å². The molecule has 2 rings (SSSR count). The average molecular weight is 186 g/mol. The highest BCUT2D eigenvalue weighted by Crippen LogP contribution is 2.30. The Morgan fingerprint density at radius 2 is 2.15 bits per heavy atom. The molecule has 0 aliphatic carbocycles. The van der Waals surface area contributed by atoms with E-state index in [-0.39, 0.29) is 11.1 Å². The van der Waals surface area contributed by atoms with E-state index in [0.29, 0.717) is 0 Å². The molecule has 2 aromatic rings. The van der Waals surface area contributed by atoms with Crippen LogP contribution in [0.1, 0.15) is 5.89 Å². The minimum Gasteiger partial charge on any atom is -0.433 e. The van der Waals surface area contributed by atoms with Gasteiger partial charge >= 0.3 is 12.1 Å². The minimum absolute atomic E-state index is 0.0924. The van der Waals surface area contributed by atoms with Gasteiger partial charge in [0, 0.05) is 0 Å². The molecule has 13 heavy (non-hydrogen) atoms. The van der Waals surface area contributed by atoms with E-state index in [1.807, 2.05) is 0 Å². The quantitative estimate of drug-likeness (QED) is 0.632. The van der Waals surface area contributed by atoms with Crippen molar-refractivity contribution < 1.29 is 17.6 Å². The molecule has 0 bridgehead atoms. The highest BCUT2D eigenvalue weighted by Gasteiger charge is 2.37. The molecule has 0 fully saturated rings. The number of nitrogens with zero attached hydrogens (tertiary/aromatic N) is 1. The lowest BCUT2D eigenvalue weighted by molar-refractivity contribution is -0.156. The van der Waals surface area contributed by atoms with E-state index in [2.05, 4.69) is 15.5 Å². The number of aromatic nitrogens is 1. The molecule has 2 nitrogen and oxygen atoms in total. The Kier molecular flexibility index (Phi) is 1.55. The summed E-state index contributed by atoms with van der Waals surface area (Å²) in [6.45, 7) is 0. The second kappa shape index (κ2) is 2.48. The van der Waals surface area contributed by atoms with Crippen molar-refractivity contribution in [2.24, 2.45) is 0 Å². The lowest BCUT2D eigenvalue weighted by Crippen LogP contribution is -2.04. The second-order valence-electron chi connectivity index (χ2n) is 2.41. The van der Waals surface area contributed by atoms with Crippen LogP contribution in [0.2, 0.25) is 0 Å².